The van der Waals surface area contributed by atoms with E-state index in [1.807, 2.05) is 0 Å². The number of hydrogen-bond acceptors (Lipinski definition) is 2. The van der Waals surface area contributed by atoms with Gasteiger partial charge in [-0.3, -0.25) is 0 Å². The Kier molecular flexibility index (Phi) is 2.81. The zero-order valence-electron chi connectivity index (χ0n) is 9.22. The Morgan fingerprint density at radius 3 is 2.29 bits per heavy atom. The van der Waals surface area contributed by atoms with E-state index in [0.717, 1.165) is 25.0 Å². The van der Waals surface area contributed by atoms with E-state index in [1.54, 1.807) is 0 Å². The van der Waals surface area contributed by atoms with Gasteiger partial charge in [-0.25, -0.2) is 0 Å². The molecular formula is C12H14F3NO. The van der Waals surface area contributed by atoms with Gasteiger partial charge in [-0.2, -0.15) is 13.2 Å². The Morgan fingerprint density at radius 1 is 1.18 bits per heavy atom. The summed E-state index contributed by atoms with van der Waals surface area (Å²) in [7, 11) is 0. The molecule has 3 N–H and O–H groups in total. The molecule has 0 spiro atoms. The van der Waals surface area contributed by atoms with Gasteiger partial charge < -0.3 is 10.8 Å². The van der Waals surface area contributed by atoms with E-state index in [9.17, 15) is 18.3 Å². The Morgan fingerprint density at radius 2 is 1.76 bits per heavy atom. The molecule has 2 nitrogen and oxygen atoms in total. The van der Waals surface area contributed by atoms with Crippen molar-refractivity contribution in [3.05, 3.63) is 29.3 Å². The average Bonchev–Trinajstić information content (AvgIpc) is 2.65. The lowest BCUT2D eigenvalue weighted by Gasteiger charge is -2.25. The molecule has 94 valence electrons. The molecule has 1 aliphatic rings. The molecule has 0 aliphatic heterocycles. The summed E-state index contributed by atoms with van der Waals surface area (Å²) >= 11 is 0. The second-order valence-corrected chi connectivity index (χ2v) is 4.59. The minimum atomic E-state index is -4.55. The van der Waals surface area contributed by atoms with Gasteiger partial charge in [-0.15, -0.1) is 0 Å². The molecule has 0 radical (unpaired) electrons. The molecule has 0 atom stereocenters. The molecule has 1 fully saturated rings. The standard InChI is InChI=1S/C12H14F3NO/c13-12(14,15)9-7-8(3-4-10(9)17)11(16)5-1-2-6-11/h3-4,7,17H,1-2,5-6,16H2. The van der Waals surface area contributed by atoms with Crippen LogP contribution < -0.4 is 5.73 Å². The first-order valence-electron chi connectivity index (χ1n) is 5.52. The lowest BCUT2D eigenvalue weighted by atomic mass is 9.88. The van der Waals surface area contributed by atoms with Crippen LogP contribution in [0, 0.1) is 0 Å². The molecule has 0 amide bonds. The number of halogens is 3. The van der Waals surface area contributed by atoms with Gasteiger partial charge in [0.25, 0.3) is 0 Å². The fourth-order valence-electron chi connectivity index (χ4n) is 2.37. The number of alkyl halides is 3. The van der Waals surface area contributed by atoms with Crippen molar-refractivity contribution >= 4 is 0 Å². The highest BCUT2D eigenvalue weighted by Gasteiger charge is 2.37. The van der Waals surface area contributed by atoms with E-state index in [4.69, 9.17) is 5.73 Å². The van der Waals surface area contributed by atoms with Crippen molar-refractivity contribution in [2.45, 2.75) is 37.4 Å². The molecule has 5 heteroatoms. The Hall–Kier alpha value is -1.23. The maximum absolute atomic E-state index is 12.6. The first-order valence-corrected chi connectivity index (χ1v) is 5.52. The van der Waals surface area contributed by atoms with Crippen molar-refractivity contribution in [1.29, 1.82) is 0 Å². The molecule has 0 aromatic heterocycles. The SMILES string of the molecule is NC1(c2ccc(O)c(C(F)(F)F)c2)CCCC1. The first-order chi connectivity index (χ1) is 7.83. The lowest BCUT2D eigenvalue weighted by molar-refractivity contribution is -0.138. The summed E-state index contributed by atoms with van der Waals surface area (Å²) in [6.45, 7) is 0. The van der Waals surface area contributed by atoms with Gasteiger partial charge in [0.1, 0.15) is 5.75 Å². The molecular weight excluding hydrogens is 231 g/mol. The fourth-order valence-corrected chi connectivity index (χ4v) is 2.37. The van der Waals surface area contributed by atoms with E-state index in [2.05, 4.69) is 0 Å². The summed E-state index contributed by atoms with van der Waals surface area (Å²) in [5.41, 5.74) is 4.87. The molecule has 0 bridgehead atoms. The number of phenols is 1. The summed E-state index contributed by atoms with van der Waals surface area (Å²) in [5, 5.41) is 9.24. The van der Waals surface area contributed by atoms with Crippen LogP contribution in [0.3, 0.4) is 0 Å². The Bertz CT molecular complexity index is 422. The summed E-state index contributed by atoms with van der Waals surface area (Å²) in [6.07, 6.45) is -1.31. The predicted molar refractivity (Wildman–Crippen MR) is 57.4 cm³/mol. The van der Waals surface area contributed by atoms with Gasteiger partial charge in [0.15, 0.2) is 0 Å². The molecule has 1 aliphatic carbocycles. The van der Waals surface area contributed by atoms with Gasteiger partial charge in [0, 0.05) is 5.54 Å². The van der Waals surface area contributed by atoms with Gasteiger partial charge in [-0.1, -0.05) is 18.9 Å². The molecule has 0 saturated heterocycles. The van der Waals surface area contributed by atoms with Gasteiger partial charge in [0.05, 0.1) is 5.56 Å². The summed E-state index contributed by atoms with van der Waals surface area (Å²) in [5.74, 6) is -0.747. The van der Waals surface area contributed by atoms with Crippen LogP contribution in [0.5, 0.6) is 5.75 Å². The zero-order chi connectivity index (χ0) is 12.7. The minimum absolute atomic E-state index is 0.458. The number of rotatable bonds is 1. The number of aromatic hydroxyl groups is 1. The molecule has 0 unspecified atom stereocenters. The van der Waals surface area contributed by atoms with Crippen LogP contribution >= 0.6 is 0 Å². The number of hydrogen-bond donors (Lipinski definition) is 2. The molecule has 1 aromatic rings. The van der Waals surface area contributed by atoms with Crippen LogP contribution in [-0.2, 0) is 11.7 Å². The Labute approximate surface area is 97.2 Å². The van der Waals surface area contributed by atoms with Crippen molar-refractivity contribution in [1.82, 2.24) is 0 Å². The van der Waals surface area contributed by atoms with Crippen molar-refractivity contribution < 1.29 is 18.3 Å². The number of benzene rings is 1. The van der Waals surface area contributed by atoms with Crippen LogP contribution in [0.25, 0.3) is 0 Å². The van der Waals surface area contributed by atoms with E-state index in [1.165, 1.54) is 6.07 Å². The van der Waals surface area contributed by atoms with Gasteiger partial charge in [-0.05, 0) is 30.5 Å². The van der Waals surface area contributed by atoms with Crippen molar-refractivity contribution in [3.8, 4) is 5.75 Å². The third-order valence-electron chi connectivity index (χ3n) is 3.37. The molecule has 1 saturated carbocycles. The first kappa shape index (κ1) is 12.2. The lowest BCUT2D eigenvalue weighted by Crippen LogP contribution is -2.33. The highest BCUT2D eigenvalue weighted by atomic mass is 19.4. The van der Waals surface area contributed by atoms with Crippen molar-refractivity contribution in [3.63, 3.8) is 0 Å². The maximum atomic E-state index is 12.6. The second kappa shape index (κ2) is 3.91. The van der Waals surface area contributed by atoms with Crippen molar-refractivity contribution in [2.24, 2.45) is 5.73 Å². The van der Waals surface area contributed by atoms with Crippen LogP contribution in [0.4, 0.5) is 13.2 Å². The third kappa shape index (κ3) is 2.24. The quantitative estimate of drug-likeness (QED) is 0.798. The molecule has 0 heterocycles. The van der Waals surface area contributed by atoms with Crippen LogP contribution in [0.15, 0.2) is 18.2 Å². The maximum Gasteiger partial charge on any atom is 0.419 e. The average molecular weight is 245 g/mol. The van der Waals surface area contributed by atoms with Gasteiger partial charge in [0.2, 0.25) is 0 Å². The van der Waals surface area contributed by atoms with Gasteiger partial charge >= 0.3 is 6.18 Å². The number of phenolic OH excluding ortho intramolecular Hbond substituents is 1. The highest BCUT2D eigenvalue weighted by molar-refractivity contribution is 5.41. The zero-order valence-corrected chi connectivity index (χ0v) is 9.22. The van der Waals surface area contributed by atoms with E-state index in [-0.39, 0.29) is 0 Å². The molecule has 1 aromatic carbocycles. The normalized spacial score (nSPS) is 19.5. The van der Waals surface area contributed by atoms with Crippen LogP contribution in [0.2, 0.25) is 0 Å². The summed E-state index contributed by atoms with van der Waals surface area (Å²) in [4.78, 5) is 0. The fraction of sp³-hybridized carbons (Fsp3) is 0.500. The molecule has 2 rings (SSSR count). The smallest absolute Gasteiger partial charge is 0.419 e. The second-order valence-electron chi connectivity index (χ2n) is 4.59. The largest absolute Gasteiger partial charge is 0.507 e. The summed E-state index contributed by atoms with van der Waals surface area (Å²) in [6, 6.07) is 3.53. The third-order valence-corrected chi connectivity index (χ3v) is 3.37. The topological polar surface area (TPSA) is 46.2 Å². The monoisotopic (exact) mass is 245 g/mol. The number of nitrogens with two attached hydrogens (primary N) is 1. The highest BCUT2D eigenvalue weighted by Crippen LogP contribution is 2.41. The van der Waals surface area contributed by atoms with Crippen LogP contribution in [-0.4, -0.2) is 5.11 Å². The molecule has 17 heavy (non-hydrogen) atoms. The van der Waals surface area contributed by atoms with E-state index >= 15 is 0 Å². The van der Waals surface area contributed by atoms with Crippen molar-refractivity contribution in [2.75, 3.05) is 0 Å². The predicted octanol–water partition coefficient (Wildman–Crippen LogP) is 3.14. The summed E-state index contributed by atoms with van der Waals surface area (Å²) < 4.78 is 37.9. The Balaban J connectivity index is 2.44. The van der Waals surface area contributed by atoms with Crippen LogP contribution in [0.1, 0.15) is 36.8 Å². The van der Waals surface area contributed by atoms with E-state index in [0.29, 0.717) is 18.4 Å². The minimum Gasteiger partial charge on any atom is -0.507 e. The van der Waals surface area contributed by atoms with E-state index < -0.39 is 23.0 Å².